The van der Waals surface area contributed by atoms with Gasteiger partial charge in [-0.1, -0.05) is 48.5 Å². The van der Waals surface area contributed by atoms with Crippen molar-refractivity contribution in [3.63, 3.8) is 0 Å². The first-order chi connectivity index (χ1) is 17.2. The van der Waals surface area contributed by atoms with Crippen molar-refractivity contribution in [3.8, 4) is 22.3 Å². The van der Waals surface area contributed by atoms with Crippen LogP contribution in [0.1, 0.15) is 47.2 Å². The van der Waals surface area contributed by atoms with E-state index in [0.717, 1.165) is 59.0 Å². The summed E-state index contributed by atoms with van der Waals surface area (Å²) in [6, 6.07) is 22.7. The molecule has 4 aromatic rings. The number of alkyl halides is 3. The lowest BCUT2D eigenvalue weighted by atomic mass is 9.86. The standard InChI is InChI=1S/C30H26F3NO2/c1-18-14-23(12-13-34-18)19-2-4-21(5-3-19)28-17-25(29(35)36)16-24-15-22(8-11-27(24)28)20-6-9-26(10-7-20)30(31,32)33/h2-11,15-18,23,34H,12-14H2,1H3,(H,35,36). The topological polar surface area (TPSA) is 49.3 Å². The third-order valence-electron chi connectivity index (χ3n) is 7.06. The predicted molar refractivity (Wildman–Crippen MR) is 136 cm³/mol. The molecule has 1 saturated heterocycles. The number of carbonyl (C=O) groups is 1. The number of carboxylic acids is 1. The van der Waals surface area contributed by atoms with E-state index in [0.29, 0.717) is 17.5 Å². The van der Waals surface area contributed by atoms with Gasteiger partial charge in [-0.05, 0) is 101 Å². The second kappa shape index (κ2) is 9.43. The Hall–Kier alpha value is -3.64. The Morgan fingerprint density at radius 2 is 1.56 bits per heavy atom. The van der Waals surface area contributed by atoms with Gasteiger partial charge in [-0.3, -0.25) is 0 Å². The Bertz CT molecular complexity index is 1410. The molecule has 0 spiro atoms. The van der Waals surface area contributed by atoms with Crippen molar-refractivity contribution in [3.05, 3.63) is 95.6 Å². The third-order valence-corrected chi connectivity index (χ3v) is 7.06. The van der Waals surface area contributed by atoms with Crippen LogP contribution in [0.15, 0.2) is 78.9 Å². The Morgan fingerprint density at radius 1 is 0.889 bits per heavy atom. The first-order valence-electron chi connectivity index (χ1n) is 12.0. The number of fused-ring (bicyclic) bond motifs is 1. The molecule has 5 rings (SSSR count). The van der Waals surface area contributed by atoms with Gasteiger partial charge >= 0.3 is 12.1 Å². The second-order valence-corrected chi connectivity index (χ2v) is 9.54. The average Bonchev–Trinajstić information content (AvgIpc) is 2.87. The third kappa shape index (κ3) is 4.86. The monoisotopic (exact) mass is 489 g/mol. The molecule has 4 aromatic carbocycles. The zero-order valence-electron chi connectivity index (χ0n) is 19.8. The Kier molecular flexibility index (Phi) is 6.31. The van der Waals surface area contributed by atoms with Crippen LogP contribution in [0.2, 0.25) is 0 Å². The maximum Gasteiger partial charge on any atom is 0.416 e. The maximum absolute atomic E-state index is 12.9. The fraction of sp³-hybridized carbons (Fsp3) is 0.233. The van der Waals surface area contributed by atoms with E-state index in [1.807, 2.05) is 30.3 Å². The van der Waals surface area contributed by atoms with Gasteiger partial charge in [-0.25, -0.2) is 4.79 Å². The van der Waals surface area contributed by atoms with Crippen molar-refractivity contribution in [2.45, 2.75) is 37.9 Å². The Balaban J connectivity index is 1.53. The summed E-state index contributed by atoms with van der Waals surface area (Å²) in [7, 11) is 0. The summed E-state index contributed by atoms with van der Waals surface area (Å²) in [6.45, 7) is 3.20. The van der Waals surface area contributed by atoms with Gasteiger partial charge in [0, 0.05) is 6.04 Å². The molecule has 6 heteroatoms. The molecule has 0 amide bonds. The smallest absolute Gasteiger partial charge is 0.416 e. The van der Waals surface area contributed by atoms with Crippen LogP contribution in [-0.2, 0) is 6.18 Å². The minimum absolute atomic E-state index is 0.165. The van der Waals surface area contributed by atoms with E-state index in [9.17, 15) is 23.1 Å². The van der Waals surface area contributed by atoms with Crippen molar-refractivity contribution < 1.29 is 23.1 Å². The van der Waals surface area contributed by atoms with Crippen molar-refractivity contribution in [1.29, 1.82) is 0 Å². The quantitative estimate of drug-likeness (QED) is 0.308. The number of halogens is 3. The molecule has 3 nitrogen and oxygen atoms in total. The van der Waals surface area contributed by atoms with Crippen molar-refractivity contribution in [2.75, 3.05) is 6.54 Å². The number of nitrogens with one attached hydrogen (secondary N) is 1. The largest absolute Gasteiger partial charge is 0.478 e. The lowest BCUT2D eigenvalue weighted by molar-refractivity contribution is -0.137. The summed E-state index contributed by atoms with van der Waals surface area (Å²) in [5.74, 6) is -0.526. The molecule has 36 heavy (non-hydrogen) atoms. The van der Waals surface area contributed by atoms with Gasteiger partial charge in [0.15, 0.2) is 0 Å². The highest BCUT2D eigenvalue weighted by molar-refractivity contribution is 6.04. The minimum atomic E-state index is -4.39. The molecule has 2 N–H and O–H groups in total. The van der Waals surface area contributed by atoms with E-state index in [2.05, 4.69) is 24.4 Å². The van der Waals surface area contributed by atoms with Crippen LogP contribution >= 0.6 is 0 Å². The molecule has 1 aliphatic heterocycles. The highest BCUT2D eigenvalue weighted by atomic mass is 19.4. The van der Waals surface area contributed by atoms with E-state index in [-0.39, 0.29) is 5.56 Å². The zero-order valence-corrected chi connectivity index (χ0v) is 19.8. The summed E-state index contributed by atoms with van der Waals surface area (Å²) < 4.78 is 38.8. The molecule has 0 bridgehead atoms. The summed E-state index contributed by atoms with van der Waals surface area (Å²) >= 11 is 0. The van der Waals surface area contributed by atoms with Crippen LogP contribution in [0, 0.1) is 0 Å². The number of carboxylic acid groups (broad SMARTS) is 1. The van der Waals surface area contributed by atoms with E-state index < -0.39 is 17.7 Å². The van der Waals surface area contributed by atoms with Gasteiger partial charge in [-0.15, -0.1) is 0 Å². The summed E-state index contributed by atoms with van der Waals surface area (Å²) in [4.78, 5) is 11.9. The van der Waals surface area contributed by atoms with E-state index in [4.69, 9.17) is 0 Å². The first kappa shape index (κ1) is 24.1. The van der Waals surface area contributed by atoms with Crippen molar-refractivity contribution >= 4 is 16.7 Å². The van der Waals surface area contributed by atoms with E-state index >= 15 is 0 Å². The molecule has 1 aliphatic rings. The molecular formula is C30H26F3NO2. The van der Waals surface area contributed by atoms with Crippen LogP contribution in [-0.4, -0.2) is 23.7 Å². The number of piperidine rings is 1. The zero-order chi connectivity index (χ0) is 25.4. The fourth-order valence-electron chi connectivity index (χ4n) is 5.13. The first-order valence-corrected chi connectivity index (χ1v) is 12.0. The van der Waals surface area contributed by atoms with Crippen LogP contribution in [0.5, 0.6) is 0 Å². The number of hydrogen-bond donors (Lipinski definition) is 2. The van der Waals surface area contributed by atoms with Gasteiger partial charge in [0.2, 0.25) is 0 Å². The molecule has 184 valence electrons. The molecule has 0 saturated carbocycles. The van der Waals surface area contributed by atoms with Gasteiger partial charge in [-0.2, -0.15) is 13.2 Å². The highest BCUT2D eigenvalue weighted by Gasteiger charge is 2.30. The van der Waals surface area contributed by atoms with Crippen LogP contribution in [0.25, 0.3) is 33.0 Å². The van der Waals surface area contributed by atoms with Crippen molar-refractivity contribution in [1.82, 2.24) is 5.32 Å². The van der Waals surface area contributed by atoms with E-state index in [1.165, 1.54) is 17.7 Å². The summed E-state index contributed by atoms with van der Waals surface area (Å²) in [6.07, 6.45) is -2.22. The Labute approximate surface area is 207 Å². The molecule has 1 heterocycles. The summed E-state index contributed by atoms with van der Waals surface area (Å²) in [5.41, 5.74) is 3.84. The van der Waals surface area contributed by atoms with Gasteiger partial charge in [0.1, 0.15) is 0 Å². The van der Waals surface area contributed by atoms with Gasteiger partial charge < -0.3 is 10.4 Å². The van der Waals surface area contributed by atoms with Crippen LogP contribution < -0.4 is 5.32 Å². The molecule has 0 aliphatic carbocycles. The molecule has 0 radical (unpaired) electrons. The lowest BCUT2D eigenvalue weighted by Gasteiger charge is -2.28. The fourth-order valence-corrected chi connectivity index (χ4v) is 5.13. The van der Waals surface area contributed by atoms with E-state index in [1.54, 1.807) is 12.1 Å². The Morgan fingerprint density at radius 3 is 2.19 bits per heavy atom. The highest BCUT2D eigenvalue weighted by Crippen LogP contribution is 2.36. The maximum atomic E-state index is 12.9. The normalized spacial score (nSPS) is 18.3. The summed E-state index contributed by atoms with van der Waals surface area (Å²) in [5, 5.41) is 14.8. The number of benzene rings is 4. The van der Waals surface area contributed by atoms with Crippen LogP contribution in [0.4, 0.5) is 13.2 Å². The van der Waals surface area contributed by atoms with Gasteiger partial charge in [0.25, 0.3) is 0 Å². The van der Waals surface area contributed by atoms with Crippen LogP contribution in [0.3, 0.4) is 0 Å². The van der Waals surface area contributed by atoms with Crippen molar-refractivity contribution in [2.24, 2.45) is 0 Å². The predicted octanol–water partition coefficient (Wildman–Crippen LogP) is 7.75. The SMILES string of the molecule is CC1CC(c2ccc(-c3cc(C(=O)O)cc4cc(-c5ccc(C(F)(F)F)cc5)ccc34)cc2)CCN1. The molecule has 2 atom stereocenters. The second-order valence-electron chi connectivity index (χ2n) is 9.54. The molecule has 0 aromatic heterocycles. The molecule has 2 unspecified atom stereocenters. The number of aromatic carboxylic acids is 1. The molecular weight excluding hydrogens is 463 g/mol. The number of hydrogen-bond acceptors (Lipinski definition) is 2. The van der Waals surface area contributed by atoms with Gasteiger partial charge in [0.05, 0.1) is 11.1 Å². The minimum Gasteiger partial charge on any atom is -0.478 e. The molecule has 1 fully saturated rings. The average molecular weight is 490 g/mol. The lowest BCUT2D eigenvalue weighted by Crippen LogP contribution is -2.34. The number of rotatable bonds is 4.